The van der Waals surface area contributed by atoms with Gasteiger partial charge in [-0.25, -0.2) is 22.7 Å². The summed E-state index contributed by atoms with van der Waals surface area (Å²) >= 11 is 0. The van der Waals surface area contributed by atoms with E-state index in [1.165, 1.54) is 13.2 Å². The second kappa shape index (κ2) is 11.1. The first-order chi connectivity index (χ1) is 17.7. The van der Waals surface area contributed by atoms with Crippen molar-refractivity contribution in [1.29, 1.82) is 0 Å². The Balaban J connectivity index is 2.03. The number of sulfonamides is 1. The van der Waals surface area contributed by atoms with Crippen LogP contribution in [0, 0.1) is 0 Å². The van der Waals surface area contributed by atoms with E-state index < -0.39 is 27.7 Å². The molecule has 0 fully saturated rings. The van der Waals surface area contributed by atoms with Crippen molar-refractivity contribution in [1.82, 2.24) is 4.72 Å². The van der Waals surface area contributed by atoms with Gasteiger partial charge < -0.3 is 9.47 Å². The summed E-state index contributed by atoms with van der Waals surface area (Å²) in [4.78, 5) is 24.8. The van der Waals surface area contributed by atoms with Crippen LogP contribution in [0.1, 0.15) is 53.0 Å². The number of rotatable bonds is 8. The summed E-state index contributed by atoms with van der Waals surface area (Å²) in [5, 5.41) is 4.79. The van der Waals surface area contributed by atoms with E-state index in [1.807, 2.05) is 23.9 Å². The number of nitrogens with zero attached hydrogens (tertiary/aromatic N) is 2. The summed E-state index contributed by atoms with van der Waals surface area (Å²) in [6.07, 6.45) is 0.843. The summed E-state index contributed by atoms with van der Waals surface area (Å²) in [7, 11) is -0.904. The monoisotopic (exact) mass is 542 g/mol. The maximum atomic E-state index is 13.1. The van der Waals surface area contributed by atoms with Crippen molar-refractivity contribution in [2.75, 3.05) is 20.7 Å². The van der Waals surface area contributed by atoms with Gasteiger partial charge in [0.25, 0.3) is 10.0 Å². The Labute approximate surface area is 224 Å². The van der Waals surface area contributed by atoms with Gasteiger partial charge in [-0.1, -0.05) is 48.8 Å². The number of nitrogens with one attached hydrogen (secondary N) is 1. The van der Waals surface area contributed by atoms with Crippen molar-refractivity contribution < 1.29 is 32.1 Å². The fourth-order valence-electron chi connectivity index (χ4n) is 4.45. The predicted molar refractivity (Wildman–Crippen MR) is 146 cm³/mol. The van der Waals surface area contributed by atoms with Gasteiger partial charge in [0.15, 0.2) is 5.70 Å². The number of unbranched alkanes of at least 4 members (excludes halogenated alkanes) is 1. The molecule has 1 atom stereocenters. The molecule has 2 aromatic carbocycles. The third kappa shape index (κ3) is 6.31. The van der Waals surface area contributed by atoms with Crippen LogP contribution in [0.25, 0.3) is 16.8 Å². The molecule has 0 aliphatic carbocycles. The number of carbonyl (C=O) groups excluding carboxylic acids is 2. The number of methoxy groups -OCH3 is 1. The number of carbonyl (C=O) groups is 2. The van der Waals surface area contributed by atoms with E-state index in [4.69, 9.17) is 14.6 Å². The second-order valence-electron chi connectivity index (χ2n) is 10.3. The van der Waals surface area contributed by atoms with Crippen LogP contribution >= 0.6 is 0 Å². The molecule has 9 nitrogen and oxygen atoms in total. The van der Waals surface area contributed by atoms with Gasteiger partial charge in [-0.2, -0.15) is 4.59 Å². The van der Waals surface area contributed by atoms with E-state index in [9.17, 15) is 18.0 Å². The van der Waals surface area contributed by atoms with Gasteiger partial charge in [0.05, 0.1) is 19.1 Å². The fourth-order valence-corrected chi connectivity index (χ4v) is 5.55. The fraction of sp³-hybridized carbons (Fsp3) is 0.393. The van der Waals surface area contributed by atoms with E-state index in [1.54, 1.807) is 58.0 Å². The summed E-state index contributed by atoms with van der Waals surface area (Å²) in [6.45, 7) is 9.56. The van der Waals surface area contributed by atoms with Crippen LogP contribution in [-0.4, -0.2) is 57.1 Å². The molecule has 1 unspecified atom stereocenters. The maximum absolute atomic E-state index is 13.1. The highest BCUT2D eigenvalue weighted by Crippen LogP contribution is 2.38. The molecule has 204 valence electrons. The molecular formula is C28H36N3O6S+. The number of benzene rings is 2. The molecule has 0 saturated heterocycles. The Kier molecular flexibility index (Phi) is 8.48. The van der Waals surface area contributed by atoms with Crippen LogP contribution in [0.3, 0.4) is 0 Å². The molecule has 0 spiro atoms. The summed E-state index contributed by atoms with van der Waals surface area (Å²) in [5.74, 6) is -0.451. The standard InChI is InChI=1S/C28H35N3O6S/c1-8-9-18-31(6)25(24(19(2)29-31)26(32)36-7)21-16-14-20(15-17-21)22-12-10-11-13-23(22)38(34,35)30-27(33)37-28(3,4)5/h10-17H,8-9,18H2,1-7H3/p+1. The third-order valence-electron chi connectivity index (χ3n) is 6.05. The maximum Gasteiger partial charge on any atom is 0.421 e. The average molecular weight is 543 g/mol. The Morgan fingerprint density at radius 1 is 1.03 bits per heavy atom. The molecule has 1 amide bonds. The largest absolute Gasteiger partial charge is 0.465 e. The summed E-state index contributed by atoms with van der Waals surface area (Å²) < 4.78 is 38.6. The van der Waals surface area contributed by atoms with Gasteiger partial charge >= 0.3 is 12.1 Å². The molecule has 0 radical (unpaired) electrons. The zero-order valence-corrected chi connectivity index (χ0v) is 23.8. The molecule has 0 aromatic heterocycles. The molecule has 2 aromatic rings. The van der Waals surface area contributed by atoms with Gasteiger partial charge in [-0.15, -0.1) is 0 Å². The third-order valence-corrected chi connectivity index (χ3v) is 7.42. The first kappa shape index (κ1) is 29.1. The number of hydrogen-bond acceptors (Lipinski definition) is 7. The quantitative estimate of drug-likeness (QED) is 0.368. The molecule has 1 aliphatic heterocycles. The average Bonchev–Trinajstić information content (AvgIpc) is 3.11. The molecular weight excluding hydrogens is 506 g/mol. The van der Waals surface area contributed by atoms with Gasteiger partial charge in [-0.05, 0) is 57.9 Å². The highest BCUT2D eigenvalue weighted by molar-refractivity contribution is 7.90. The molecule has 3 rings (SSSR count). The highest BCUT2D eigenvalue weighted by atomic mass is 32.2. The smallest absolute Gasteiger partial charge is 0.421 e. The molecule has 0 bridgehead atoms. The number of amides is 1. The van der Waals surface area contributed by atoms with Crippen LogP contribution in [0.2, 0.25) is 0 Å². The lowest BCUT2D eigenvalue weighted by Gasteiger charge is -2.27. The lowest BCUT2D eigenvalue weighted by Crippen LogP contribution is -2.36. The predicted octanol–water partition coefficient (Wildman–Crippen LogP) is 5.09. The van der Waals surface area contributed by atoms with E-state index in [0.717, 1.165) is 24.1 Å². The lowest BCUT2D eigenvalue weighted by atomic mass is 9.99. The minimum Gasteiger partial charge on any atom is -0.465 e. The van der Waals surface area contributed by atoms with Gasteiger partial charge in [0.1, 0.15) is 23.4 Å². The number of ether oxygens (including phenoxy) is 2. The Hall–Kier alpha value is -3.50. The van der Waals surface area contributed by atoms with Crippen LogP contribution in [0.5, 0.6) is 0 Å². The van der Waals surface area contributed by atoms with Crippen LogP contribution in [0.15, 0.2) is 64.1 Å². The molecule has 1 aliphatic rings. The van der Waals surface area contributed by atoms with Crippen LogP contribution < -0.4 is 4.72 Å². The number of quaternary nitrogens is 1. The van der Waals surface area contributed by atoms with E-state index in [0.29, 0.717) is 29.0 Å². The molecule has 0 saturated carbocycles. The van der Waals surface area contributed by atoms with Crippen LogP contribution in [-0.2, 0) is 24.3 Å². The topological polar surface area (TPSA) is 111 Å². The van der Waals surface area contributed by atoms with Gasteiger partial charge in [-0.3, -0.25) is 0 Å². The minimum atomic E-state index is -4.21. The molecule has 1 N–H and O–H groups in total. The Bertz CT molecular complexity index is 1390. The minimum absolute atomic E-state index is 0.0586. The van der Waals surface area contributed by atoms with Gasteiger partial charge in [0, 0.05) is 11.1 Å². The molecule has 1 heterocycles. The first-order valence-electron chi connectivity index (χ1n) is 12.4. The van der Waals surface area contributed by atoms with Crippen molar-refractivity contribution >= 4 is 33.5 Å². The SMILES string of the molecule is CCCC[N+]1(C)N=C(C)C(C(=O)OC)=C1c1ccc(-c2ccccc2S(=O)(=O)NC(=O)OC(C)(C)C)cc1. The van der Waals surface area contributed by atoms with Crippen molar-refractivity contribution in [2.45, 2.75) is 58.0 Å². The van der Waals surface area contributed by atoms with E-state index >= 15 is 0 Å². The first-order valence-corrected chi connectivity index (χ1v) is 13.9. The Morgan fingerprint density at radius 3 is 2.21 bits per heavy atom. The highest BCUT2D eigenvalue weighted by Gasteiger charge is 2.42. The van der Waals surface area contributed by atoms with Crippen molar-refractivity contribution in [3.63, 3.8) is 0 Å². The summed E-state index contributed by atoms with van der Waals surface area (Å²) in [6, 6.07) is 13.7. The van der Waals surface area contributed by atoms with Crippen molar-refractivity contribution in [3.05, 3.63) is 59.7 Å². The van der Waals surface area contributed by atoms with Gasteiger partial charge in [0.2, 0.25) is 0 Å². The lowest BCUT2D eigenvalue weighted by molar-refractivity contribution is -0.844. The van der Waals surface area contributed by atoms with Crippen molar-refractivity contribution in [3.8, 4) is 11.1 Å². The van der Waals surface area contributed by atoms with E-state index in [2.05, 4.69) is 6.92 Å². The number of esters is 1. The summed E-state index contributed by atoms with van der Waals surface area (Å²) in [5.41, 5.74) is 2.75. The zero-order chi connectivity index (χ0) is 28.3. The normalized spacial score (nSPS) is 17.7. The Morgan fingerprint density at radius 2 is 1.63 bits per heavy atom. The van der Waals surface area contributed by atoms with E-state index in [-0.39, 0.29) is 9.49 Å². The van der Waals surface area contributed by atoms with Crippen molar-refractivity contribution in [2.24, 2.45) is 5.10 Å². The molecule has 10 heteroatoms. The second-order valence-corrected chi connectivity index (χ2v) is 11.9. The number of hydrogen-bond donors (Lipinski definition) is 1. The van der Waals surface area contributed by atoms with Crippen LogP contribution in [0.4, 0.5) is 4.79 Å². The molecule has 38 heavy (non-hydrogen) atoms. The zero-order valence-electron chi connectivity index (χ0n) is 23.0.